The van der Waals surface area contributed by atoms with Gasteiger partial charge in [0.1, 0.15) is 18.1 Å². The van der Waals surface area contributed by atoms with Crippen molar-refractivity contribution < 1.29 is 14.3 Å². The Kier molecular flexibility index (Phi) is 5.13. The van der Waals surface area contributed by atoms with Crippen LogP contribution in [0.4, 0.5) is 5.69 Å². The molecule has 0 aliphatic carbocycles. The molecule has 3 rings (SSSR count). The molecule has 1 amide bonds. The maximum atomic E-state index is 12.2. The second-order valence-corrected chi connectivity index (χ2v) is 5.71. The number of nitrogens with zero attached hydrogens (tertiary/aromatic N) is 2. The first-order chi connectivity index (χ1) is 12.1. The van der Waals surface area contributed by atoms with Gasteiger partial charge in [-0.25, -0.2) is 9.98 Å². The monoisotopic (exact) mass is 340 g/mol. The number of nitrogens with two attached hydrogens (primary N) is 1. The van der Waals surface area contributed by atoms with Gasteiger partial charge in [-0.2, -0.15) is 0 Å². The Bertz CT molecular complexity index is 757. The molecular weight excluding hydrogens is 320 g/mol. The standard InChI is InChI=1S/C18H20N4O3/c1-24-15-8-9-16(20-10-15)17(23)21-13-5-2-12(3-6-13)4-7-14-11-25-18(19)22-14/h2-3,5-6,8-10,14H,4,7,11H2,1H3,(H2,19,22)(H,21,23)/t14-/m0/s1. The van der Waals surface area contributed by atoms with E-state index in [0.717, 1.165) is 18.5 Å². The number of anilines is 1. The van der Waals surface area contributed by atoms with Crippen LogP contribution in [0.1, 0.15) is 22.5 Å². The predicted octanol–water partition coefficient (Wildman–Crippen LogP) is 1.99. The Labute approximate surface area is 145 Å². The highest BCUT2D eigenvalue weighted by molar-refractivity contribution is 6.02. The van der Waals surface area contributed by atoms with Gasteiger partial charge in [0, 0.05) is 5.69 Å². The van der Waals surface area contributed by atoms with Crippen molar-refractivity contribution in [3.8, 4) is 5.75 Å². The Morgan fingerprint density at radius 1 is 1.32 bits per heavy atom. The number of methoxy groups -OCH3 is 1. The SMILES string of the molecule is COc1ccc(C(=O)Nc2ccc(CC[C@H]3COC(N)=N3)cc2)nc1. The van der Waals surface area contributed by atoms with Crippen LogP contribution in [-0.2, 0) is 11.2 Å². The number of carbonyl (C=O) groups excluding carboxylic acids is 1. The van der Waals surface area contributed by atoms with Crippen molar-refractivity contribution in [2.45, 2.75) is 18.9 Å². The second-order valence-electron chi connectivity index (χ2n) is 5.71. The third kappa shape index (κ3) is 4.47. The van der Waals surface area contributed by atoms with Crippen LogP contribution in [0.15, 0.2) is 47.6 Å². The number of amides is 1. The third-order valence-corrected chi connectivity index (χ3v) is 3.92. The molecule has 1 aliphatic heterocycles. The van der Waals surface area contributed by atoms with Gasteiger partial charge in [-0.1, -0.05) is 12.1 Å². The number of carbonyl (C=O) groups is 1. The van der Waals surface area contributed by atoms with Gasteiger partial charge in [0.2, 0.25) is 0 Å². The van der Waals surface area contributed by atoms with Gasteiger partial charge in [-0.05, 0) is 42.7 Å². The van der Waals surface area contributed by atoms with Crippen molar-refractivity contribution in [1.82, 2.24) is 4.98 Å². The zero-order chi connectivity index (χ0) is 17.6. The minimum atomic E-state index is -0.261. The molecule has 2 heterocycles. The summed E-state index contributed by atoms with van der Waals surface area (Å²) in [6.07, 6.45) is 3.27. The van der Waals surface area contributed by atoms with Crippen LogP contribution in [0.2, 0.25) is 0 Å². The third-order valence-electron chi connectivity index (χ3n) is 3.92. The normalized spacial score (nSPS) is 16.0. The molecule has 2 aromatic rings. The minimum absolute atomic E-state index is 0.125. The zero-order valence-electron chi connectivity index (χ0n) is 13.9. The number of aryl methyl sites for hydroxylation is 1. The number of hydrogen-bond acceptors (Lipinski definition) is 6. The average molecular weight is 340 g/mol. The van der Waals surface area contributed by atoms with Crippen molar-refractivity contribution >= 4 is 17.6 Å². The second kappa shape index (κ2) is 7.65. The van der Waals surface area contributed by atoms with E-state index in [9.17, 15) is 4.79 Å². The van der Waals surface area contributed by atoms with Crippen LogP contribution in [0, 0.1) is 0 Å². The fourth-order valence-corrected chi connectivity index (χ4v) is 2.50. The molecule has 1 aliphatic rings. The minimum Gasteiger partial charge on any atom is -0.495 e. The molecule has 0 spiro atoms. The summed E-state index contributed by atoms with van der Waals surface area (Å²) in [6.45, 7) is 0.550. The maximum absolute atomic E-state index is 12.2. The van der Waals surface area contributed by atoms with Crippen molar-refractivity contribution in [2.24, 2.45) is 10.7 Å². The summed E-state index contributed by atoms with van der Waals surface area (Å²) in [5.74, 6) is 0.350. The summed E-state index contributed by atoms with van der Waals surface area (Å²) in [4.78, 5) is 20.5. The molecule has 25 heavy (non-hydrogen) atoms. The van der Waals surface area contributed by atoms with Gasteiger partial charge in [0.05, 0.1) is 19.3 Å². The molecule has 0 fully saturated rings. The fourth-order valence-electron chi connectivity index (χ4n) is 2.50. The quantitative estimate of drug-likeness (QED) is 0.838. The van der Waals surface area contributed by atoms with E-state index in [2.05, 4.69) is 15.3 Å². The largest absolute Gasteiger partial charge is 0.495 e. The van der Waals surface area contributed by atoms with Crippen LogP contribution in [0.5, 0.6) is 5.75 Å². The number of aliphatic imine (C=N–C) groups is 1. The lowest BCUT2D eigenvalue weighted by Crippen LogP contribution is -2.13. The lowest BCUT2D eigenvalue weighted by Gasteiger charge is -2.08. The summed E-state index contributed by atoms with van der Waals surface area (Å²) in [5, 5.41) is 2.83. The Morgan fingerprint density at radius 3 is 2.72 bits per heavy atom. The smallest absolute Gasteiger partial charge is 0.282 e. The first kappa shape index (κ1) is 16.8. The Hall–Kier alpha value is -3.09. The van der Waals surface area contributed by atoms with E-state index in [-0.39, 0.29) is 18.0 Å². The lowest BCUT2D eigenvalue weighted by molar-refractivity contribution is 0.102. The molecule has 3 N–H and O–H groups in total. The van der Waals surface area contributed by atoms with Crippen LogP contribution in [0.25, 0.3) is 0 Å². The van der Waals surface area contributed by atoms with Crippen LogP contribution in [-0.4, -0.2) is 36.7 Å². The van der Waals surface area contributed by atoms with Gasteiger partial charge in [0.25, 0.3) is 11.9 Å². The maximum Gasteiger partial charge on any atom is 0.282 e. The number of ether oxygens (including phenoxy) is 2. The Balaban J connectivity index is 1.53. The number of amidine groups is 1. The summed E-state index contributed by atoms with van der Waals surface area (Å²) in [6, 6.07) is 11.4. The van der Waals surface area contributed by atoms with E-state index in [1.807, 2.05) is 24.3 Å². The highest BCUT2D eigenvalue weighted by atomic mass is 16.5. The molecule has 0 saturated carbocycles. The number of aromatic nitrogens is 1. The molecule has 0 saturated heterocycles. The van der Waals surface area contributed by atoms with Crippen LogP contribution < -0.4 is 15.8 Å². The number of pyridine rings is 1. The zero-order valence-corrected chi connectivity index (χ0v) is 13.9. The van der Waals surface area contributed by atoms with Crippen molar-refractivity contribution in [2.75, 3.05) is 19.0 Å². The topological polar surface area (TPSA) is 98.8 Å². The number of rotatable bonds is 6. The molecule has 7 heteroatoms. The molecule has 1 aromatic carbocycles. The molecule has 0 unspecified atom stereocenters. The molecule has 130 valence electrons. The van der Waals surface area contributed by atoms with E-state index in [0.29, 0.717) is 18.1 Å². The summed E-state index contributed by atoms with van der Waals surface area (Å²) in [7, 11) is 1.55. The van der Waals surface area contributed by atoms with Crippen molar-refractivity contribution in [3.05, 3.63) is 53.9 Å². The van der Waals surface area contributed by atoms with Crippen molar-refractivity contribution in [3.63, 3.8) is 0 Å². The van der Waals surface area contributed by atoms with Crippen molar-refractivity contribution in [1.29, 1.82) is 0 Å². The fraction of sp³-hybridized carbons (Fsp3) is 0.278. The van der Waals surface area contributed by atoms with Gasteiger partial charge >= 0.3 is 0 Å². The van der Waals surface area contributed by atoms with Crippen LogP contribution in [0.3, 0.4) is 0 Å². The van der Waals surface area contributed by atoms with E-state index in [1.165, 1.54) is 11.8 Å². The molecular formula is C18H20N4O3. The summed E-state index contributed by atoms with van der Waals surface area (Å²) >= 11 is 0. The highest BCUT2D eigenvalue weighted by Crippen LogP contribution is 2.15. The first-order valence-corrected chi connectivity index (χ1v) is 8.00. The van der Waals surface area contributed by atoms with Crippen LogP contribution >= 0.6 is 0 Å². The van der Waals surface area contributed by atoms with Gasteiger partial charge in [-0.3, -0.25) is 4.79 Å². The van der Waals surface area contributed by atoms with E-state index in [4.69, 9.17) is 15.2 Å². The molecule has 0 bridgehead atoms. The molecule has 7 nitrogen and oxygen atoms in total. The van der Waals surface area contributed by atoms with Gasteiger partial charge < -0.3 is 20.5 Å². The highest BCUT2D eigenvalue weighted by Gasteiger charge is 2.16. The number of benzene rings is 1. The van der Waals surface area contributed by atoms with E-state index < -0.39 is 0 Å². The van der Waals surface area contributed by atoms with Gasteiger partial charge in [-0.15, -0.1) is 0 Å². The predicted molar refractivity (Wildman–Crippen MR) is 94.9 cm³/mol. The van der Waals surface area contributed by atoms with E-state index >= 15 is 0 Å². The number of hydrogen-bond donors (Lipinski definition) is 2. The summed E-state index contributed by atoms with van der Waals surface area (Å²) in [5.41, 5.74) is 7.72. The molecule has 1 aromatic heterocycles. The Morgan fingerprint density at radius 2 is 2.12 bits per heavy atom. The van der Waals surface area contributed by atoms with Gasteiger partial charge in [0.15, 0.2) is 0 Å². The lowest BCUT2D eigenvalue weighted by atomic mass is 10.1. The average Bonchev–Trinajstić information content (AvgIpc) is 3.06. The molecule has 1 atom stereocenters. The van der Waals surface area contributed by atoms with E-state index in [1.54, 1.807) is 19.2 Å². The summed E-state index contributed by atoms with van der Waals surface area (Å²) < 4.78 is 10.2. The molecule has 0 radical (unpaired) electrons. The number of nitrogens with one attached hydrogen (secondary N) is 1. The first-order valence-electron chi connectivity index (χ1n) is 8.00.